The fourth-order valence-corrected chi connectivity index (χ4v) is 11.0. The van der Waals surface area contributed by atoms with Crippen molar-refractivity contribution in [2.24, 2.45) is 0 Å². The Morgan fingerprint density at radius 3 is 0.958 bits per heavy atom. The molecule has 0 unspecified atom stereocenters. The third kappa shape index (κ3) is 11.0. The standard InChI is InChI=1S/2C14H16O5.2C13H16O4/c2*15-6-9-2-1-3-10-8-18-14(4-11(9)10)5-12(17)13(7-16)19-14;2*14-7-12-11(15)6-13(17-12)5-9-3-1-2-4-10(9)8-16-13/h2*1-3,6,12-13,16-17H,4-5,7-8H2;2*1-4,11-12,14-15H,5-8H2/t12-,13+,14+;12-,13+,14-;11-,12+,13+;11-,12+,13-/m0000/s1. The first-order valence-electron chi connectivity index (χ1n) is 24.5. The van der Waals surface area contributed by atoms with Crippen LogP contribution in [0.3, 0.4) is 0 Å². The molecular weight excluding hydrogens is 937 g/mol. The van der Waals surface area contributed by atoms with Gasteiger partial charge in [0.2, 0.25) is 0 Å². The third-order valence-corrected chi connectivity index (χ3v) is 14.9. The van der Waals surface area contributed by atoms with Gasteiger partial charge in [-0.3, -0.25) is 9.59 Å². The summed E-state index contributed by atoms with van der Waals surface area (Å²) in [5.41, 5.74) is 9.77. The van der Waals surface area contributed by atoms with Crippen LogP contribution in [0.2, 0.25) is 0 Å². The molecule has 0 aromatic heterocycles. The maximum atomic E-state index is 11.1. The highest BCUT2D eigenvalue weighted by Gasteiger charge is 2.52. The van der Waals surface area contributed by atoms with Gasteiger partial charge in [-0.1, -0.05) is 84.9 Å². The van der Waals surface area contributed by atoms with Gasteiger partial charge in [0.15, 0.2) is 23.1 Å². The molecule has 72 heavy (non-hydrogen) atoms. The molecule has 4 saturated heterocycles. The van der Waals surface area contributed by atoms with E-state index < -0.39 is 72.0 Å². The Morgan fingerprint density at radius 1 is 0.389 bits per heavy atom. The molecule has 4 fully saturated rings. The van der Waals surface area contributed by atoms with Crippen molar-refractivity contribution in [3.05, 3.63) is 141 Å². The summed E-state index contributed by atoms with van der Waals surface area (Å²) < 4.78 is 45.7. The van der Waals surface area contributed by atoms with Gasteiger partial charge in [0.25, 0.3) is 0 Å². The van der Waals surface area contributed by atoms with E-state index in [0.29, 0.717) is 88.9 Å². The minimum Gasteiger partial charge on any atom is -0.394 e. The molecule has 4 spiro atoms. The highest BCUT2D eigenvalue weighted by atomic mass is 16.7. The average molecular weight is 1000 g/mol. The molecule has 0 aliphatic carbocycles. The zero-order valence-corrected chi connectivity index (χ0v) is 39.8. The van der Waals surface area contributed by atoms with Crippen LogP contribution in [0.25, 0.3) is 0 Å². The van der Waals surface area contributed by atoms with E-state index in [2.05, 4.69) is 12.1 Å². The van der Waals surface area contributed by atoms with Gasteiger partial charge in [-0.15, -0.1) is 0 Å². The van der Waals surface area contributed by atoms with E-state index in [4.69, 9.17) is 58.3 Å². The Morgan fingerprint density at radius 2 is 0.667 bits per heavy atom. The second-order valence-corrected chi connectivity index (χ2v) is 19.7. The number of fused-ring (bicyclic) bond motifs is 4. The van der Waals surface area contributed by atoms with Crippen molar-refractivity contribution in [2.75, 3.05) is 26.4 Å². The first-order chi connectivity index (χ1) is 34.8. The van der Waals surface area contributed by atoms with Gasteiger partial charge in [-0.05, 0) is 44.5 Å². The Kier molecular flexibility index (Phi) is 16.2. The Balaban J connectivity index is 0.000000119. The van der Waals surface area contributed by atoms with Crippen LogP contribution in [0.5, 0.6) is 0 Å². The molecule has 0 saturated carbocycles. The van der Waals surface area contributed by atoms with Gasteiger partial charge in [-0.2, -0.15) is 0 Å². The van der Waals surface area contributed by atoms with Crippen molar-refractivity contribution >= 4 is 12.6 Å². The van der Waals surface area contributed by atoms with Crippen LogP contribution in [0.4, 0.5) is 0 Å². The van der Waals surface area contributed by atoms with E-state index >= 15 is 0 Å². The molecule has 388 valence electrons. The predicted octanol–water partition coefficient (Wildman–Crippen LogP) is 2.02. The lowest BCUT2D eigenvalue weighted by atomic mass is 9.91. The van der Waals surface area contributed by atoms with Crippen molar-refractivity contribution in [2.45, 2.75) is 150 Å². The minimum absolute atomic E-state index is 0.173. The molecule has 0 bridgehead atoms. The van der Waals surface area contributed by atoms with E-state index in [9.17, 15) is 30.0 Å². The van der Waals surface area contributed by atoms with Gasteiger partial charge in [0.05, 0.1) is 77.3 Å². The largest absolute Gasteiger partial charge is 0.394 e. The lowest BCUT2D eigenvalue weighted by Crippen LogP contribution is -2.39. The zero-order chi connectivity index (χ0) is 50.7. The summed E-state index contributed by atoms with van der Waals surface area (Å²) in [6.45, 7) is 0.872. The zero-order valence-electron chi connectivity index (χ0n) is 39.8. The predicted molar refractivity (Wildman–Crippen MR) is 252 cm³/mol. The molecule has 0 radical (unpaired) electrons. The summed E-state index contributed by atoms with van der Waals surface area (Å²) in [5, 5.41) is 75.8. The molecule has 18 nitrogen and oxygen atoms in total. The normalized spacial score (nSPS) is 34.7. The number of carbonyl (C=O) groups excluding carboxylic acids is 2. The summed E-state index contributed by atoms with van der Waals surface area (Å²) in [6, 6.07) is 27.2. The molecule has 12 atom stereocenters. The van der Waals surface area contributed by atoms with E-state index in [1.807, 2.05) is 60.7 Å². The number of rotatable bonds is 6. The maximum absolute atomic E-state index is 11.1. The Labute approximate surface area is 416 Å². The van der Waals surface area contributed by atoms with Gasteiger partial charge in [-0.25, -0.2) is 0 Å². The van der Waals surface area contributed by atoms with E-state index in [0.717, 1.165) is 34.8 Å². The summed E-state index contributed by atoms with van der Waals surface area (Å²) in [4.78, 5) is 22.2. The number of aliphatic hydroxyl groups excluding tert-OH is 8. The quantitative estimate of drug-likeness (QED) is 0.128. The first-order valence-corrected chi connectivity index (χ1v) is 24.5. The highest BCUT2D eigenvalue weighted by molar-refractivity contribution is 5.78. The van der Waals surface area contributed by atoms with E-state index in [-0.39, 0.29) is 26.4 Å². The molecule has 8 aliphatic rings. The number of aldehydes is 2. The fraction of sp³-hybridized carbons (Fsp3) is 0.519. The van der Waals surface area contributed by atoms with E-state index in [1.165, 1.54) is 22.3 Å². The Hall–Kier alpha value is -4.42. The maximum Gasteiger partial charge on any atom is 0.175 e. The van der Waals surface area contributed by atoms with Crippen LogP contribution in [0, 0.1) is 0 Å². The van der Waals surface area contributed by atoms with Crippen LogP contribution < -0.4 is 0 Å². The molecule has 4 aromatic rings. The topological polar surface area (TPSA) is 270 Å². The smallest absolute Gasteiger partial charge is 0.175 e. The van der Waals surface area contributed by atoms with Crippen molar-refractivity contribution < 1.29 is 88.3 Å². The number of ether oxygens (including phenoxy) is 8. The van der Waals surface area contributed by atoms with Crippen molar-refractivity contribution in [1.82, 2.24) is 0 Å². The van der Waals surface area contributed by atoms with Gasteiger partial charge in [0.1, 0.15) is 37.0 Å². The molecule has 4 aromatic carbocycles. The summed E-state index contributed by atoms with van der Waals surface area (Å²) in [6.07, 6.45) is 0.160. The average Bonchev–Trinajstić information content (AvgIpc) is 4.10. The van der Waals surface area contributed by atoms with Crippen LogP contribution in [-0.2, 0) is 90.0 Å². The fourth-order valence-electron chi connectivity index (χ4n) is 11.0. The second-order valence-electron chi connectivity index (χ2n) is 19.7. The molecule has 0 amide bonds. The van der Waals surface area contributed by atoms with Crippen molar-refractivity contribution in [3.8, 4) is 0 Å². The second kappa shape index (κ2) is 22.2. The molecular formula is C54H64O18. The molecule has 8 heterocycles. The molecule has 8 aliphatic heterocycles. The molecule has 8 N–H and O–H groups in total. The minimum atomic E-state index is -0.918. The lowest BCUT2D eigenvalue weighted by molar-refractivity contribution is -0.242. The number of hydrogen-bond acceptors (Lipinski definition) is 18. The summed E-state index contributed by atoms with van der Waals surface area (Å²) in [7, 11) is 0. The monoisotopic (exact) mass is 1000 g/mol. The highest BCUT2D eigenvalue weighted by Crippen LogP contribution is 2.43. The van der Waals surface area contributed by atoms with Crippen LogP contribution >= 0.6 is 0 Å². The van der Waals surface area contributed by atoms with Crippen molar-refractivity contribution in [3.63, 3.8) is 0 Å². The van der Waals surface area contributed by atoms with Gasteiger partial charge >= 0.3 is 0 Å². The van der Waals surface area contributed by atoms with Crippen LogP contribution in [0.15, 0.2) is 84.9 Å². The third-order valence-electron chi connectivity index (χ3n) is 14.9. The molecule has 12 rings (SSSR count). The number of aliphatic hydroxyl groups is 8. The van der Waals surface area contributed by atoms with Gasteiger partial charge < -0.3 is 78.7 Å². The molecule has 18 heteroatoms. The number of benzene rings is 4. The van der Waals surface area contributed by atoms with Crippen molar-refractivity contribution in [1.29, 1.82) is 0 Å². The summed E-state index contributed by atoms with van der Waals surface area (Å²) >= 11 is 0. The first kappa shape index (κ1) is 52.4. The Bertz CT molecular complexity index is 2350. The van der Waals surface area contributed by atoms with Crippen LogP contribution in [-0.4, -0.2) is 152 Å². The van der Waals surface area contributed by atoms with Gasteiger partial charge in [0, 0.05) is 62.5 Å². The number of hydrogen-bond donors (Lipinski definition) is 8. The SMILES string of the molecule is O=Cc1cccc2c1C[C@@]1(C[C@H](O)[C@@H](CO)O1)OC2.O=Cc1cccc2c1C[C@]1(C[C@H](O)[C@@H](CO)O1)OC2.OC[C@H]1O[C@@]2(Cc3ccccc3CO2)C[C@@H]1O.OC[C@H]1O[C@]2(Cc3ccccc3CO2)C[C@@H]1O. The lowest BCUT2D eigenvalue weighted by Gasteiger charge is -2.35. The number of carbonyl (C=O) groups is 2. The summed E-state index contributed by atoms with van der Waals surface area (Å²) in [5.74, 6) is -3.33. The van der Waals surface area contributed by atoms with E-state index in [1.54, 1.807) is 12.1 Å². The van der Waals surface area contributed by atoms with Crippen LogP contribution in [0.1, 0.15) is 90.9 Å².